The first-order valence-electron chi connectivity index (χ1n) is 6.34. The smallest absolute Gasteiger partial charge is 0.273 e. The molecular formula is C12H19N3O4S. The van der Waals surface area contributed by atoms with Crippen molar-refractivity contribution in [2.24, 2.45) is 0 Å². The Hall–Kier alpha value is -1.51. The van der Waals surface area contributed by atoms with Crippen LogP contribution in [0.15, 0.2) is 23.1 Å². The first-order chi connectivity index (χ1) is 9.38. The maximum atomic E-state index is 12.0. The Balaban J connectivity index is 2.77. The fourth-order valence-corrected chi connectivity index (χ4v) is 2.73. The summed E-state index contributed by atoms with van der Waals surface area (Å²) in [6.45, 7) is 5.37. The molecule has 0 aliphatic carbocycles. The maximum Gasteiger partial charge on any atom is 0.273 e. The van der Waals surface area contributed by atoms with Crippen molar-refractivity contribution in [2.75, 3.05) is 19.6 Å². The standard InChI is InChI=1S/C12H19N3O4S/c1-3-13-7-4-8-14-20(18,19)11-6-5-10(2)12(9-11)15(16)17/h5-6,9,13-14H,3-4,7-8H2,1-2H3. The zero-order valence-corrected chi connectivity index (χ0v) is 12.4. The molecule has 2 N–H and O–H groups in total. The third-order valence-electron chi connectivity index (χ3n) is 2.76. The average molecular weight is 301 g/mol. The molecule has 0 saturated heterocycles. The molecule has 0 aromatic heterocycles. The highest BCUT2D eigenvalue weighted by Gasteiger charge is 2.19. The van der Waals surface area contributed by atoms with Gasteiger partial charge in [0.05, 0.1) is 9.82 Å². The molecule has 0 heterocycles. The van der Waals surface area contributed by atoms with Gasteiger partial charge in [0.2, 0.25) is 10.0 Å². The van der Waals surface area contributed by atoms with Crippen LogP contribution in [0.2, 0.25) is 0 Å². The van der Waals surface area contributed by atoms with Gasteiger partial charge in [0.1, 0.15) is 0 Å². The molecule has 20 heavy (non-hydrogen) atoms. The van der Waals surface area contributed by atoms with Crippen LogP contribution in [0, 0.1) is 17.0 Å². The van der Waals surface area contributed by atoms with Gasteiger partial charge >= 0.3 is 0 Å². The molecule has 0 radical (unpaired) electrons. The molecule has 0 aliphatic rings. The van der Waals surface area contributed by atoms with Gasteiger partial charge in [0, 0.05) is 18.2 Å². The maximum absolute atomic E-state index is 12.0. The quantitative estimate of drug-likeness (QED) is 0.426. The van der Waals surface area contributed by atoms with E-state index >= 15 is 0 Å². The predicted octanol–water partition coefficient (Wildman–Crippen LogP) is 1.18. The number of nitrogens with zero attached hydrogens (tertiary/aromatic N) is 1. The van der Waals surface area contributed by atoms with Crippen LogP contribution in [0.4, 0.5) is 5.69 Å². The number of aryl methyl sites for hydroxylation is 1. The summed E-state index contributed by atoms with van der Waals surface area (Å²) in [6, 6.07) is 3.89. The summed E-state index contributed by atoms with van der Waals surface area (Å²) < 4.78 is 26.4. The summed E-state index contributed by atoms with van der Waals surface area (Å²) in [5, 5.41) is 13.9. The summed E-state index contributed by atoms with van der Waals surface area (Å²) in [5.41, 5.74) is 0.238. The van der Waals surface area contributed by atoms with E-state index < -0.39 is 14.9 Å². The van der Waals surface area contributed by atoms with E-state index in [4.69, 9.17) is 0 Å². The van der Waals surface area contributed by atoms with E-state index in [-0.39, 0.29) is 17.1 Å². The molecule has 0 unspecified atom stereocenters. The molecule has 0 aliphatic heterocycles. The minimum Gasteiger partial charge on any atom is -0.317 e. The monoisotopic (exact) mass is 301 g/mol. The van der Waals surface area contributed by atoms with Crippen molar-refractivity contribution in [3.8, 4) is 0 Å². The van der Waals surface area contributed by atoms with Crippen LogP contribution >= 0.6 is 0 Å². The highest BCUT2D eigenvalue weighted by atomic mass is 32.2. The first-order valence-corrected chi connectivity index (χ1v) is 7.82. The third kappa shape index (κ3) is 4.55. The second kappa shape index (κ2) is 7.32. The van der Waals surface area contributed by atoms with E-state index in [1.165, 1.54) is 12.1 Å². The van der Waals surface area contributed by atoms with Crippen molar-refractivity contribution in [2.45, 2.75) is 25.2 Å². The van der Waals surface area contributed by atoms with Crippen LogP contribution in [0.1, 0.15) is 18.9 Å². The molecule has 1 aromatic carbocycles. The summed E-state index contributed by atoms with van der Waals surface area (Å²) in [4.78, 5) is 10.1. The van der Waals surface area contributed by atoms with Gasteiger partial charge in [-0.3, -0.25) is 10.1 Å². The van der Waals surface area contributed by atoms with Crippen LogP contribution in [0.5, 0.6) is 0 Å². The largest absolute Gasteiger partial charge is 0.317 e. The summed E-state index contributed by atoms with van der Waals surface area (Å²) in [7, 11) is -3.70. The SMILES string of the molecule is CCNCCCNS(=O)(=O)c1ccc(C)c([N+](=O)[O-])c1. The van der Waals surface area contributed by atoms with E-state index in [1.807, 2.05) is 6.92 Å². The Morgan fingerprint density at radius 1 is 1.30 bits per heavy atom. The van der Waals surface area contributed by atoms with Crippen molar-refractivity contribution in [3.05, 3.63) is 33.9 Å². The fourth-order valence-electron chi connectivity index (χ4n) is 1.63. The fraction of sp³-hybridized carbons (Fsp3) is 0.500. The average Bonchev–Trinajstić information content (AvgIpc) is 2.38. The minimum atomic E-state index is -3.70. The highest BCUT2D eigenvalue weighted by Crippen LogP contribution is 2.21. The van der Waals surface area contributed by atoms with Crippen LogP contribution in [0.3, 0.4) is 0 Å². The first kappa shape index (κ1) is 16.5. The van der Waals surface area contributed by atoms with Gasteiger partial charge in [-0.25, -0.2) is 13.1 Å². The lowest BCUT2D eigenvalue weighted by Gasteiger charge is -2.07. The van der Waals surface area contributed by atoms with Gasteiger partial charge in [-0.15, -0.1) is 0 Å². The van der Waals surface area contributed by atoms with E-state index in [0.717, 1.165) is 12.6 Å². The van der Waals surface area contributed by atoms with Crippen LogP contribution in [0.25, 0.3) is 0 Å². The molecule has 7 nitrogen and oxygen atoms in total. The van der Waals surface area contributed by atoms with Gasteiger partial charge < -0.3 is 5.32 Å². The topological polar surface area (TPSA) is 101 Å². The Morgan fingerprint density at radius 2 is 2.00 bits per heavy atom. The van der Waals surface area contributed by atoms with Crippen LogP contribution < -0.4 is 10.0 Å². The summed E-state index contributed by atoms with van der Waals surface area (Å²) in [6.07, 6.45) is 0.654. The molecule has 0 atom stereocenters. The van der Waals surface area contributed by atoms with Crippen molar-refractivity contribution < 1.29 is 13.3 Å². The lowest BCUT2D eigenvalue weighted by atomic mass is 10.2. The zero-order valence-electron chi connectivity index (χ0n) is 11.5. The molecular weight excluding hydrogens is 282 g/mol. The summed E-state index contributed by atoms with van der Waals surface area (Å²) >= 11 is 0. The Bertz CT molecular complexity index is 572. The van der Waals surface area contributed by atoms with E-state index in [1.54, 1.807) is 6.92 Å². The van der Waals surface area contributed by atoms with Gasteiger partial charge in [0.15, 0.2) is 0 Å². The number of benzene rings is 1. The number of rotatable bonds is 8. The Labute approximate surface area is 118 Å². The number of nitro benzene ring substituents is 1. The van der Waals surface area contributed by atoms with E-state index in [9.17, 15) is 18.5 Å². The molecule has 0 bridgehead atoms. The molecule has 1 aromatic rings. The van der Waals surface area contributed by atoms with Crippen LogP contribution in [-0.2, 0) is 10.0 Å². The van der Waals surface area contributed by atoms with Crippen molar-refractivity contribution >= 4 is 15.7 Å². The van der Waals surface area contributed by atoms with Gasteiger partial charge in [-0.1, -0.05) is 13.0 Å². The minimum absolute atomic E-state index is 0.0850. The van der Waals surface area contributed by atoms with Gasteiger partial charge in [-0.2, -0.15) is 0 Å². The van der Waals surface area contributed by atoms with Crippen molar-refractivity contribution in [3.63, 3.8) is 0 Å². The third-order valence-corrected chi connectivity index (χ3v) is 4.22. The summed E-state index contributed by atoms with van der Waals surface area (Å²) in [5.74, 6) is 0. The zero-order chi connectivity index (χ0) is 15.2. The molecule has 0 saturated carbocycles. The number of nitro groups is 1. The number of nitrogens with one attached hydrogen (secondary N) is 2. The Kier molecular flexibility index (Phi) is 6.05. The van der Waals surface area contributed by atoms with Crippen molar-refractivity contribution in [1.29, 1.82) is 0 Å². The normalized spacial score (nSPS) is 11.5. The highest BCUT2D eigenvalue weighted by molar-refractivity contribution is 7.89. The second-order valence-corrected chi connectivity index (χ2v) is 6.08. The molecule has 0 fully saturated rings. The Morgan fingerprint density at radius 3 is 2.60 bits per heavy atom. The van der Waals surface area contributed by atoms with Crippen LogP contribution in [-0.4, -0.2) is 33.0 Å². The molecule has 0 amide bonds. The number of sulfonamides is 1. The van der Waals surface area contributed by atoms with E-state index in [0.29, 0.717) is 18.5 Å². The van der Waals surface area contributed by atoms with Crippen molar-refractivity contribution in [1.82, 2.24) is 10.0 Å². The number of hydrogen-bond donors (Lipinski definition) is 2. The lowest BCUT2D eigenvalue weighted by molar-refractivity contribution is -0.385. The lowest BCUT2D eigenvalue weighted by Crippen LogP contribution is -2.27. The number of hydrogen-bond acceptors (Lipinski definition) is 5. The molecule has 8 heteroatoms. The van der Waals surface area contributed by atoms with Gasteiger partial charge in [-0.05, 0) is 32.5 Å². The molecule has 0 spiro atoms. The molecule has 1 rings (SSSR count). The molecule has 112 valence electrons. The van der Waals surface area contributed by atoms with E-state index in [2.05, 4.69) is 10.0 Å². The predicted molar refractivity (Wildman–Crippen MR) is 76.2 cm³/mol. The van der Waals surface area contributed by atoms with Gasteiger partial charge in [0.25, 0.3) is 5.69 Å². The second-order valence-electron chi connectivity index (χ2n) is 4.31.